The van der Waals surface area contributed by atoms with E-state index in [4.69, 9.17) is 10.5 Å². The van der Waals surface area contributed by atoms with Crippen LogP contribution in [0.1, 0.15) is 35.2 Å². The minimum atomic E-state index is -0.0346. The largest absolute Gasteiger partial charge is 0.489 e. The SMILES string of the molecule is Cl.NCC1CCCC1NC(=O)c1ccccc1COc1ccccc1. The molecule has 0 bridgehead atoms. The Hall–Kier alpha value is -2.04. The van der Waals surface area contributed by atoms with Gasteiger partial charge in [0.1, 0.15) is 12.4 Å². The van der Waals surface area contributed by atoms with Gasteiger partial charge < -0.3 is 15.8 Å². The lowest BCUT2D eigenvalue weighted by molar-refractivity contribution is 0.0926. The number of amides is 1. The van der Waals surface area contributed by atoms with Crippen molar-refractivity contribution in [3.05, 3.63) is 65.7 Å². The first-order valence-electron chi connectivity index (χ1n) is 8.54. The number of hydrogen-bond donors (Lipinski definition) is 2. The third-order valence-electron chi connectivity index (χ3n) is 4.68. The van der Waals surface area contributed by atoms with Gasteiger partial charge in [0.05, 0.1) is 0 Å². The van der Waals surface area contributed by atoms with Gasteiger partial charge in [-0.1, -0.05) is 42.8 Å². The lowest BCUT2D eigenvalue weighted by Gasteiger charge is -2.20. The molecule has 2 atom stereocenters. The number of benzene rings is 2. The Bertz CT molecular complexity index is 678. The van der Waals surface area contributed by atoms with Crippen molar-refractivity contribution in [2.75, 3.05) is 6.54 Å². The molecule has 0 spiro atoms. The summed E-state index contributed by atoms with van der Waals surface area (Å²) in [6.45, 7) is 1.00. The van der Waals surface area contributed by atoms with Crippen molar-refractivity contribution in [1.82, 2.24) is 5.32 Å². The molecule has 2 aromatic rings. The van der Waals surface area contributed by atoms with Crippen LogP contribution in [0.2, 0.25) is 0 Å². The number of nitrogens with one attached hydrogen (secondary N) is 1. The van der Waals surface area contributed by atoms with E-state index in [0.717, 1.165) is 30.6 Å². The molecule has 1 saturated carbocycles. The highest BCUT2D eigenvalue weighted by molar-refractivity contribution is 5.95. The predicted octanol–water partition coefficient (Wildman–Crippen LogP) is 3.54. The molecule has 3 rings (SSSR count). The zero-order valence-corrected chi connectivity index (χ0v) is 15.0. The molecule has 0 radical (unpaired) electrons. The summed E-state index contributed by atoms with van der Waals surface area (Å²) in [5, 5.41) is 3.16. The second-order valence-electron chi connectivity index (χ2n) is 6.27. The molecule has 0 saturated heterocycles. The van der Waals surface area contributed by atoms with Crippen LogP contribution < -0.4 is 15.8 Å². The van der Waals surface area contributed by atoms with E-state index >= 15 is 0 Å². The van der Waals surface area contributed by atoms with Crippen LogP contribution in [-0.4, -0.2) is 18.5 Å². The Morgan fingerprint density at radius 2 is 1.80 bits per heavy atom. The van der Waals surface area contributed by atoms with Crippen molar-refractivity contribution in [3.63, 3.8) is 0 Å². The van der Waals surface area contributed by atoms with Gasteiger partial charge in [-0.2, -0.15) is 0 Å². The Kier molecular flexibility index (Phi) is 7.29. The summed E-state index contributed by atoms with van der Waals surface area (Å²) >= 11 is 0. The maximum Gasteiger partial charge on any atom is 0.251 e. The molecule has 1 fully saturated rings. The summed E-state index contributed by atoms with van der Waals surface area (Å²) in [4.78, 5) is 12.7. The van der Waals surface area contributed by atoms with E-state index in [1.165, 1.54) is 0 Å². The second-order valence-corrected chi connectivity index (χ2v) is 6.27. The molecular formula is C20H25ClN2O2. The summed E-state index contributed by atoms with van der Waals surface area (Å²) in [6, 6.07) is 17.4. The van der Waals surface area contributed by atoms with E-state index < -0.39 is 0 Å². The van der Waals surface area contributed by atoms with Crippen molar-refractivity contribution in [1.29, 1.82) is 0 Å². The number of carbonyl (C=O) groups is 1. The molecule has 1 aliphatic rings. The van der Waals surface area contributed by atoms with Crippen molar-refractivity contribution < 1.29 is 9.53 Å². The van der Waals surface area contributed by atoms with Crippen molar-refractivity contribution in [2.45, 2.75) is 31.9 Å². The van der Waals surface area contributed by atoms with Gasteiger partial charge in [0.2, 0.25) is 0 Å². The van der Waals surface area contributed by atoms with E-state index in [9.17, 15) is 4.79 Å². The molecule has 0 aliphatic heterocycles. The van der Waals surface area contributed by atoms with Crippen LogP contribution in [0, 0.1) is 5.92 Å². The molecule has 4 nitrogen and oxygen atoms in total. The van der Waals surface area contributed by atoms with Crippen LogP contribution >= 0.6 is 12.4 Å². The number of nitrogens with two attached hydrogens (primary N) is 1. The third kappa shape index (κ3) is 4.97. The topological polar surface area (TPSA) is 64.3 Å². The quantitative estimate of drug-likeness (QED) is 0.828. The first-order chi connectivity index (χ1) is 11.8. The maximum atomic E-state index is 12.7. The number of carbonyl (C=O) groups excluding carboxylic acids is 1. The highest BCUT2D eigenvalue weighted by atomic mass is 35.5. The predicted molar refractivity (Wildman–Crippen MR) is 102 cm³/mol. The molecule has 3 N–H and O–H groups in total. The number of hydrogen-bond acceptors (Lipinski definition) is 3. The van der Waals surface area contributed by atoms with E-state index in [-0.39, 0.29) is 24.4 Å². The van der Waals surface area contributed by atoms with Gasteiger partial charge in [-0.3, -0.25) is 4.79 Å². The number of para-hydroxylation sites is 1. The van der Waals surface area contributed by atoms with Crippen molar-refractivity contribution in [2.24, 2.45) is 11.7 Å². The fraction of sp³-hybridized carbons (Fsp3) is 0.350. The average molecular weight is 361 g/mol. The van der Waals surface area contributed by atoms with Crippen LogP contribution in [0.25, 0.3) is 0 Å². The number of halogens is 1. The molecule has 1 amide bonds. The molecule has 1 aliphatic carbocycles. The van der Waals surface area contributed by atoms with Crippen LogP contribution in [0.15, 0.2) is 54.6 Å². The Labute approximate surface area is 155 Å². The molecule has 2 unspecified atom stereocenters. The monoisotopic (exact) mass is 360 g/mol. The minimum absolute atomic E-state index is 0. The molecule has 0 aromatic heterocycles. The summed E-state index contributed by atoms with van der Waals surface area (Å²) in [7, 11) is 0. The van der Waals surface area contributed by atoms with Crippen molar-refractivity contribution >= 4 is 18.3 Å². The molecular weight excluding hydrogens is 336 g/mol. The fourth-order valence-corrected chi connectivity index (χ4v) is 3.30. The minimum Gasteiger partial charge on any atom is -0.489 e. The third-order valence-corrected chi connectivity index (χ3v) is 4.68. The molecule has 5 heteroatoms. The van der Waals surface area contributed by atoms with Crippen LogP contribution in [0.4, 0.5) is 0 Å². The standard InChI is InChI=1S/C20H24N2O2.ClH/c21-13-15-8-6-12-19(15)22-20(23)18-11-5-4-7-16(18)14-24-17-9-2-1-3-10-17;/h1-5,7,9-11,15,19H,6,8,12-14,21H2,(H,22,23);1H. The average Bonchev–Trinajstić information content (AvgIpc) is 3.08. The van der Waals surface area contributed by atoms with Crippen LogP contribution in [0.5, 0.6) is 5.75 Å². The molecule has 2 aromatic carbocycles. The van der Waals surface area contributed by atoms with Gasteiger partial charge in [0, 0.05) is 17.2 Å². The first kappa shape index (κ1) is 19.3. The van der Waals surface area contributed by atoms with Crippen LogP contribution in [-0.2, 0) is 6.61 Å². The van der Waals surface area contributed by atoms with E-state index in [0.29, 0.717) is 24.6 Å². The van der Waals surface area contributed by atoms with Gasteiger partial charge in [-0.25, -0.2) is 0 Å². The summed E-state index contributed by atoms with van der Waals surface area (Å²) in [6.07, 6.45) is 3.24. The lowest BCUT2D eigenvalue weighted by atomic mass is 10.0. The molecule has 134 valence electrons. The van der Waals surface area contributed by atoms with Gasteiger partial charge in [0.15, 0.2) is 0 Å². The lowest BCUT2D eigenvalue weighted by Crippen LogP contribution is -2.40. The van der Waals surface area contributed by atoms with Gasteiger partial charge in [-0.15, -0.1) is 12.4 Å². The van der Waals surface area contributed by atoms with Gasteiger partial charge in [0.25, 0.3) is 5.91 Å². The number of ether oxygens (including phenoxy) is 1. The molecule has 25 heavy (non-hydrogen) atoms. The summed E-state index contributed by atoms with van der Waals surface area (Å²) in [5.41, 5.74) is 7.38. The Balaban J connectivity index is 0.00000225. The highest BCUT2D eigenvalue weighted by Gasteiger charge is 2.28. The fourth-order valence-electron chi connectivity index (χ4n) is 3.30. The normalized spacial score (nSPS) is 19.1. The molecule has 0 heterocycles. The van der Waals surface area contributed by atoms with Gasteiger partial charge in [-0.05, 0) is 43.5 Å². The van der Waals surface area contributed by atoms with E-state index in [2.05, 4.69) is 5.32 Å². The van der Waals surface area contributed by atoms with Crippen LogP contribution in [0.3, 0.4) is 0 Å². The maximum absolute atomic E-state index is 12.7. The van der Waals surface area contributed by atoms with Crippen molar-refractivity contribution in [3.8, 4) is 5.75 Å². The van der Waals surface area contributed by atoms with E-state index in [1.807, 2.05) is 54.6 Å². The van der Waals surface area contributed by atoms with Gasteiger partial charge >= 0.3 is 0 Å². The van der Waals surface area contributed by atoms with E-state index in [1.54, 1.807) is 0 Å². The smallest absolute Gasteiger partial charge is 0.251 e. The number of rotatable bonds is 6. The summed E-state index contributed by atoms with van der Waals surface area (Å²) < 4.78 is 5.80. The second kappa shape index (κ2) is 9.44. The highest BCUT2D eigenvalue weighted by Crippen LogP contribution is 2.25. The zero-order chi connectivity index (χ0) is 16.8. The summed E-state index contributed by atoms with van der Waals surface area (Å²) in [5.74, 6) is 1.15. The first-order valence-corrected chi connectivity index (χ1v) is 8.54. The Morgan fingerprint density at radius 1 is 1.08 bits per heavy atom. The Morgan fingerprint density at radius 3 is 2.56 bits per heavy atom. The zero-order valence-electron chi connectivity index (χ0n) is 14.2.